The monoisotopic (exact) mass is 467 g/mol. The number of fused-ring (bicyclic) bond motifs is 1. The van der Waals surface area contributed by atoms with E-state index in [1.165, 1.54) is 0 Å². The fourth-order valence-corrected chi connectivity index (χ4v) is 4.80. The van der Waals surface area contributed by atoms with E-state index < -0.39 is 12.1 Å². The highest BCUT2D eigenvalue weighted by atomic mass is 16.3. The molecule has 0 unspecified atom stereocenters. The average molecular weight is 468 g/mol. The normalized spacial score (nSPS) is 23.7. The van der Waals surface area contributed by atoms with Gasteiger partial charge in [-0.15, -0.1) is 0 Å². The number of nitrogens with one attached hydrogen (secondary N) is 2. The second-order valence-corrected chi connectivity index (χ2v) is 9.68. The van der Waals surface area contributed by atoms with Crippen molar-refractivity contribution in [2.24, 2.45) is 0 Å². The van der Waals surface area contributed by atoms with Crippen molar-refractivity contribution >= 4 is 29.3 Å². The smallest absolute Gasteiger partial charge is 0.243 e. The molecule has 2 aliphatic heterocycles. The van der Waals surface area contributed by atoms with Gasteiger partial charge in [-0.25, -0.2) is 4.98 Å². The zero-order valence-corrected chi connectivity index (χ0v) is 19.9. The third kappa shape index (κ3) is 4.58. The first-order chi connectivity index (χ1) is 16.4. The van der Waals surface area contributed by atoms with Crippen molar-refractivity contribution in [3.63, 3.8) is 0 Å². The number of hydrogen-bond acceptors (Lipinski definition) is 8. The minimum absolute atomic E-state index is 0.0825. The number of nitrogens with zero attached hydrogens (tertiary/aromatic N) is 7. The molecule has 11 nitrogen and oxygen atoms in total. The number of imidazole rings is 1. The van der Waals surface area contributed by atoms with Gasteiger partial charge >= 0.3 is 0 Å². The van der Waals surface area contributed by atoms with Crippen molar-refractivity contribution in [2.75, 3.05) is 36.9 Å². The van der Waals surface area contributed by atoms with Gasteiger partial charge in [-0.2, -0.15) is 9.97 Å². The zero-order chi connectivity index (χ0) is 23.8. The molecule has 0 saturated carbocycles. The molecular weight excluding hydrogens is 434 g/mol. The van der Waals surface area contributed by atoms with Gasteiger partial charge in [-0.05, 0) is 52.4 Å². The Morgan fingerprint density at radius 2 is 2.12 bits per heavy atom. The molecule has 1 amide bonds. The lowest BCUT2D eigenvalue weighted by Gasteiger charge is -2.32. The summed E-state index contributed by atoms with van der Waals surface area (Å²) in [5.41, 5.74) is 0.699. The second-order valence-electron chi connectivity index (χ2n) is 9.68. The van der Waals surface area contributed by atoms with E-state index in [1.54, 1.807) is 6.33 Å². The summed E-state index contributed by atoms with van der Waals surface area (Å²) in [5.74, 6) is 1.55. The van der Waals surface area contributed by atoms with Gasteiger partial charge in [0.25, 0.3) is 0 Å². The van der Waals surface area contributed by atoms with Crippen LogP contribution in [0, 0.1) is 0 Å². The summed E-state index contributed by atoms with van der Waals surface area (Å²) in [6, 6.07) is 3.68. The lowest BCUT2D eigenvalue weighted by molar-refractivity contribution is -0.123. The summed E-state index contributed by atoms with van der Waals surface area (Å²) in [5, 5.41) is 16.9. The highest BCUT2D eigenvalue weighted by Gasteiger charge is 2.39. The summed E-state index contributed by atoms with van der Waals surface area (Å²) in [6.45, 7) is 6.38. The zero-order valence-electron chi connectivity index (χ0n) is 19.9. The molecule has 11 heteroatoms. The minimum atomic E-state index is -0.616. The fourth-order valence-electron chi connectivity index (χ4n) is 4.80. The molecule has 2 saturated heterocycles. The summed E-state index contributed by atoms with van der Waals surface area (Å²) in [6.07, 6.45) is 7.35. The molecule has 0 aromatic carbocycles. The molecule has 0 aliphatic carbocycles. The largest absolute Gasteiger partial charge is 0.391 e. The Hall–Kier alpha value is -3.18. The van der Waals surface area contributed by atoms with Crippen molar-refractivity contribution in [1.82, 2.24) is 34.1 Å². The van der Waals surface area contributed by atoms with Crippen molar-refractivity contribution in [3.05, 3.63) is 30.9 Å². The van der Waals surface area contributed by atoms with Gasteiger partial charge in [0.1, 0.15) is 11.7 Å². The number of aliphatic hydroxyl groups excluding tert-OH is 1. The minimum Gasteiger partial charge on any atom is -0.391 e. The first kappa shape index (κ1) is 22.6. The van der Waals surface area contributed by atoms with Gasteiger partial charge in [0, 0.05) is 44.0 Å². The lowest BCUT2D eigenvalue weighted by atomic mass is 10.1. The Morgan fingerprint density at radius 3 is 2.88 bits per heavy atom. The highest BCUT2D eigenvalue weighted by molar-refractivity contribution is 5.86. The summed E-state index contributed by atoms with van der Waals surface area (Å²) >= 11 is 0. The number of hydrogen-bond donors (Lipinski definition) is 3. The van der Waals surface area contributed by atoms with Crippen LogP contribution < -0.4 is 15.5 Å². The van der Waals surface area contributed by atoms with Crippen molar-refractivity contribution < 1.29 is 9.90 Å². The maximum absolute atomic E-state index is 13.2. The number of aromatic nitrogens is 5. The topological polar surface area (TPSA) is 116 Å². The van der Waals surface area contributed by atoms with E-state index >= 15 is 0 Å². The van der Waals surface area contributed by atoms with E-state index in [4.69, 9.17) is 9.97 Å². The molecule has 182 valence electrons. The van der Waals surface area contributed by atoms with Gasteiger partial charge in [-0.1, -0.05) is 0 Å². The molecule has 0 bridgehead atoms. The average Bonchev–Trinajstić information content (AvgIpc) is 3.53. The van der Waals surface area contributed by atoms with Crippen LogP contribution in [0.2, 0.25) is 0 Å². The quantitative estimate of drug-likeness (QED) is 0.498. The van der Waals surface area contributed by atoms with Gasteiger partial charge in [-0.3, -0.25) is 9.20 Å². The second kappa shape index (κ2) is 9.22. The van der Waals surface area contributed by atoms with E-state index in [0.717, 1.165) is 25.9 Å². The van der Waals surface area contributed by atoms with Crippen molar-refractivity contribution in [1.29, 1.82) is 0 Å². The number of likely N-dealkylation sites (N-methyl/N-ethyl adjacent to an activating group) is 1. The van der Waals surface area contributed by atoms with Crippen LogP contribution in [-0.2, 0) is 4.79 Å². The van der Waals surface area contributed by atoms with E-state index in [9.17, 15) is 9.90 Å². The molecule has 34 heavy (non-hydrogen) atoms. The Labute approximate surface area is 198 Å². The number of carbonyl (C=O) groups excluding carboxylic acids is 1. The van der Waals surface area contributed by atoms with Crippen LogP contribution in [0.4, 0.5) is 17.7 Å². The number of rotatable bonds is 6. The van der Waals surface area contributed by atoms with Crippen LogP contribution in [0.25, 0.3) is 5.65 Å². The van der Waals surface area contributed by atoms with Gasteiger partial charge in [0.05, 0.1) is 12.4 Å². The first-order valence-electron chi connectivity index (χ1n) is 12.0. The highest BCUT2D eigenvalue weighted by Crippen LogP contribution is 2.26. The maximum atomic E-state index is 13.2. The third-order valence-electron chi connectivity index (χ3n) is 6.62. The number of likely N-dealkylation sites (tertiary alicyclic amines) is 1. The number of anilines is 3. The standard InChI is InChI=1S/C23H33N9O2/c1-15(2)30-13-19(24-14-30)26-22-28-23(27-20-7-5-9-31(20)22)32-12-17(33)10-18(32)21(34)25-16-6-4-8-29(3)11-16/h5,7,9,13-18,33H,4,6,8,10-12H2,1-3H3,(H,25,34)(H,26,27,28)/t16-,17+,18+/m1/s1. The van der Waals surface area contributed by atoms with Crippen LogP contribution in [-0.4, -0.2) is 84.7 Å². The summed E-state index contributed by atoms with van der Waals surface area (Å²) in [4.78, 5) is 31.2. The Morgan fingerprint density at radius 1 is 1.26 bits per heavy atom. The number of carbonyl (C=O) groups is 1. The van der Waals surface area contributed by atoms with Crippen LogP contribution in [0.5, 0.6) is 0 Å². The van der Waals surface area contributed by atoms with E-state index in [-0.39, 0.29) is 11.9 Å². The molecule has 0 spiro atoms. The molecule has 2 aliphatic rings. The molecule has 5 rings (SSSR count). The Kier molecular flexibility index (Phi) is 6.13. The predicted molar refractivity (Wildman–Crippen MR) is 129 cm³/mol. The molecule has 0 radical (unpaired) electrons. The molecule has 3 atom stereocenters. The third-order valence-corrected chi connectivity index (χ3v) is 6.62. The van der Waals surface area contributed by atoms with Gasteiger partial charge < -0.3 is 30.1 Å². The molecule has 2 fully saturated rings. The van der Waals surface area contributed by atoms with Gasteiger partial charge in [0.2, 0.25) is 17.8 Å². The summed E-state index contributed by atoms with van der Waals surface area (Å²) < 4.78 is 3.86. The van der Waals surface area contributed by atoms with Crippen molar-refractivity contribution in [3.8, 4) is 0 Å². The number of amides is 1. The number of β-amino-alcohol motifs (C(OH)–C–C–N with tert-alkyl or cyclic N) is 1. The molecule has 5 heterocycles. The molecule has 3 aromatic rings. The maximum Gasteiger partial charge on any atom is 0.243 e. The number of piperidine rings is 1. The van der Waals surface area contributed by atoms with Crippen LogP contribution >= 0.6 is 0 Å². The number of aliphatic hydroxyl groups is 1. The van der Waals surface area contributed by atoms with E-state index in [0.29, 0.717) is 42.4 Å². The molecular formula is C23H33N9O2. The molecule has 3 aromatic heterocycles. The van der Waals surface area contributed by atoms with Crippen molar-refractivity contribution in [2.45, 2.75) is 57.3 Å². The predicted octanol–water partition coefficient (Wildman–Crippen LogP) is 1.40. The Balaban J connectivity index is 1.41. The summed E-state index contributed by atoms with van der Waals surface area (Å²) in [7, 11) is 2.07. The van der Waals surface area contributed by atoms with E-state index in [2.05, 4.69) is 41.4 Å². The molecule has 3 N–H and O–H groups in total. The SMILES string of the molecule is CC(C)n1cnc(Nc2nc(N3C[C@@H](O)C[C@H]3C(=O)N[C@@H]3CCCN(C)C3)nc3cccn23)c1. The van der Waals surface area contributed by atoms with Crippen LogP contribution in [0.3, 0.4) is 0 Å². The fraction of sp³-hybridized carbons (Fsp3) is 0.565. The Bertz CT molecular complexity index is 1160. The van der Waals surface area contributed by atoms with Crippen LogP contribution in [0.15, 0.2) is 30.9 Å². The lowest BCUT2D eigenvalue weighted by Crippen LogP contribution is -2.52. The first-order valence-corrected chi connectivity index (χ1v) is 12.0. The van der Waals surface area contributed by atoms with E-state index in [1.807, 2.05) is 38.4 Å². The van der Waals surface area contributed by atoms with Gasteiger partial charge in [0.15, 0.2) is 5.82 Å². The van der Waals surface area contributed by atoms with Crippen LogP contribution in [0.1, 0.15) is 39.2 Å².